The van der Waals surface area contributed by atoms with Crippen molar-refractivity contribution in [1.29, 1.82) is 0 Å². The minimum Gasteiger partial charge on any atom is -0.345 e. The number of imidazole rings is 1. The first kappa shape index (κ1) is 15.3. The van der Waals surface area contributed by atoms with Crippen LogP contribution < -0.4 is 11.1 Å². The van der Waals surface area contributed by atoms with Crippen molar-refractivity contribution in [3.63, 3.8) is 0 Å². The van der Waals surface area contributed by atoms with Crippen LogP contribution in [0.25, 0.3) is 5.69 Å². The van der Waals surface area contributed by atoms with Gasteiger partial charge in [0.2, 0.25) is 0 Å². The number of carbonyl (C=O) groups excluding carboxylic acids is 1. The standard InChI is InChI=1S/C16H22N4O/c1-3-16(4-2,11-17)19-15(21)13-5-7-14(8-6-13)20-10-9-18-12-20/h5-10,12H,3-4,11,17H2,1-2H3,(H,19,21). The van der Waals surface area contributed by atoms with Crippen molar-refractivity contribution in [2.45, 2.75) is 32.2 Å². The quantitative estimate of drug-likeness (QED) is 0.854. The lowest BCUT2D eigenvalue weighted by atomic mass is 9.92. The molecule has 0 aliphatic carbocycles. The molecule has 2 rings (SSSR count). The van der Waals surface area contributed by atoms with Gasteiger partial charge < -0.3 is 15.6 Å². The van der Waals surface area contributed by atoms with Crippen LogP contribution in [0.2, 0.25) is 0 Å². The summed E-state index contributed by atoms with van der Waals surface area (Å²) in [7, 11) is 0. The number of hydrogen-bond acceptors (Lipinski definition) is 3. The Balaban J connectivity index is 2.13. The van der Waals surface area contributed by atoms with Crippen molar-refractivity contribution in [1.82, 2.24) is 14.9 Å². The summed E-state index contributed by atoms with van der Waals surface area (Å²) >= 11 is 0. The Kier molecular flexibility index (Phi) is 4.75. The second kappa shape index (κ2) is 6.54. The van der Waals surface area contributed by atoms with E-state index in [0.29, 0.717) is 12.1 Å². The third-order valence-electron chi connectivity index (χ3n) is 4.06. The average Bonchev–Trinajstić information content (AvgIpc) is 3.07. The first-order valence-electron chi connectivity index (χ1n) is 7.25. The van der Waals surface area contributed by atoms with Crippen molar-refractivity contribution >= 4 is 5.91 Å². The minimum atomic E-state index is -0.319. The monoisotopic (exact) mass is 286 g/mol. The molecular weight excluding hydrogens is 264 g/mol. The number of nitrogens with zero attached hydrogens (tertiary/aromatic N) is 2. The van der Waals surface area contributed by atoms with E-state index < -0.39 is 0 Å². The Bertz CT molecular complexity index is 563. The maximum atomic E-state index is 12.3. The summed E-state index contributed by atoms with van der Waals surface area (Å²) in [4.78, 5) is 16.4. The SMILES string of the molecule is CCC(CC)(CN)NC(=O)c1ccc(-n2ccnc2)cc1. The van der Waals surface area contributed by atoms with Crippen LogP contribution in [0.1, 0.15) is 37.0 Å². The Morgan fingerprint density at radius 2 is 1.95 bits per heavy atom. The maximum absolute atomic E-state index is 12.3. The van der Waals surface area contributed by atoms with Gasteiger partial charge in [0.1, 0.15) is 0 Å². The molecule has 2 aromatic rings. The molecule has 0 bridgehead atoms. The van der Waals surface area contributed by atoms with Gasteiger partial charge in [-0.15, -0.1) is 0 Å². The Labute approximate surface area is 125 Å². The molecule has 1 amide bonds. The van der Waals surface area contributed by atoms with Crippen LogP contribution >= 0.6 is 0 Å². The number of nitrogens with two attached hydrogens (primary N) is 1. The number of carbonyl (C=O) groups is 1. The van der Waals surface area contributed by atoms with E-state index in [4.69, 9.17) is 5.73 Å². The van der Waals surface area contributed by atoms with Crippen LogP contribution in [0.3, 0.4) is 0 Å². The van der Waals surface area contributed by atoms with Crippen LogP contribution in [0.4, 0.5) is 0 Å². The zero-order chi connectivity index (χ0) is 15.3. The number of nitrogens with one attached hydrogen (secondary N) is 1. The summed E-state index contributed by atoms with van der Waals surface area (Å²) in [6.07, 6.45) is 6.95. The molecule has 1 aromatic heterocycles. The third kappa shape index (κ3) is 3.31. The molecule has 0 aliphatic heterocycles. The van der Waals surface area contributed by atoms with Gasteiger partial charge in [0.05, 0.1) is 11.9 Å². The summed E-state index contributed by atoms with van der Waals surface area (Å²) < 4.78 is 1.89. The number of benzene rings is 1. The molecule has 5 nitrogen and oxygen atoms in total. The van der Waals surface area contributed by atoms with E-state index in [-0.39, 0.29) is 11.4 Å². The summed E-state index contributed by atoms with van der Waals surface area (Å²) in [6.45, 7) is 4.52. The Hall–Kier alpha value is -2.14. The van der Waals surface area contributed by atoms with Gasteiger partial charge in [0.25, 0.3) is 5.91 Å². The molecule has 0 fully saturated rings. The zero-order valence-corrected chi connectivity index (χ0v) is 12.5. The van der Waals surface area contributed by atoms with Crippen LogP contribution in [0.5, 0.6) is 0 Å². The van der Waals surface area contributed by atoms with Gasteiger partial charge in [-0.1, -0.05) is 13.8 Å². The summed E-state index contributed by atoms with van der Waals surface area (Å²) in [5, 5.41) is 3.07. The summed E-state index contributed by atoms with van der Waals surface area (Å²) in [6, 6.07) is 7.44. The fourth-order valence-electron chi connectivity index (χ4n) is 2.28. The highest BCUT2D eigenvalue weighted by atomic mass is 16.1. The molecule has 0 spiro atoms. The average molecular weight is 286 g/mol. The van der Waals surface area contributed by atoms with Crippen molar-refractivity contribution in [3.05, 3.63) is 48.5 Å². The van der Waals surface area contributed by atoms with Crippen LogP contribution in [-0.2, 0) is 0 Å². The predicted molar refractivity (Wildman–Crippen MR) is 83.4 cm³/mol. The van der Waals surface area contributed by atoms with Gasteiger partial charge in [-0.2, -0.15) is 0 Å². The zero-order valence-electron chi connectivity index (χ0n) is 12.5. The molecule has 0 saturated carbocycles. The van der Waals surface area contributed by atoms with Crippen LogP contribution in [0.15, 0.2) is 43.0 Å². The topological polar surface area (TPSA) is 72.9 Å². The number of aromatic nitrogens is 2. The van der Waals surface area contributed by atoms with E-state index in [1.165, 1.54) is 0 Å². The van der Waals surface area contributed by atoms with Crippen molar-refractivity contribution in [2.24, 2.45) is 5.73 Å². The fourth-order valence-corrected chi connectivity index (χ4v) is 2.28. The molecule has 0 saturated heterocycles. The molecule has 1 aromatic carbocycles. The lowest BCUT2D eigenvalue weighted by Gasteiger charge is -2.31. The lowest BCUT2D eigenvalue weighted by Crippen LogP contribution is -2.52. The third-order valence-corrected chi connectivity index (χ3v) is 4.06. The predicted octanol–water partition coefficient (Wildman–Crippen LogP) is 2.12. The van der Waals surface area contributed by atoms with Gasteiger partial charge in [-0.05, 0) is 37.1 Å². The van der Waals surface area contributed by atoms with Crippen molar-refractivity contribution < 1.29 is 4.79 Å². The number of hydrogen-bond donors (Lipinski definition) is 2. The van der Waals surface area contributed by atoms with Gasteiger partial charge >= 0.3 is 0 Å². The largest absolute Gasteiger partial charge is 0.345 e. The highest BCUT2D eigenvalue weighted by molar-refractivity contribution is 5.94. The van der Waals surface area contributed by atoms with Gasteiger partial charge in [-0.25, -0.2) is 4.98 Å². The molecule has 112 valence electrons. The molecular formula is C16H22N4O. The molecule has 3 N–H and O–H groups in total. The molecule has 1 heterocycles. The van der Waals surface area contributed by atoms with Crippen molar-refractivity contribution in [3.8, 4) is 5.69 Å². The van der Waals surface area contributed by atoms with E-state index in [1.807, 2.05) is 48.9 Å². The highest BCUT2D eigenvalue weighted by Crippen LogP contribution is 2.15. The molecule has 0 unspecified atom stereocenters. The summed E-state index contributed by atoms with van der Waals surface area (Å²) in [5.41, 5.74) is 7.11. The highest BCUT2D eigenvalue weighted by Gasteiger charge is 2.26. The molecule has 21 heavy (non-hydrogen) atoms. The van der Waals surface area contributed by atoms with E-state index in [9.17, 15) is 4.79 Å². The molecule has 0 atom stereocenters. The van der Waals surface area contributed by atoms with Gasteiger partial charge in [-0.3, -0.25) is 4.79 Å². The Morgan fingerprint density at radius 1 is 1.29 bits per heavy atom. The smallest absolute Gasteiger partial charge is 0.251 e. The summed E-state index contributed by atoms with van der Waals surface area (Å²) in [5.74, 6) is -0.0821. The van der Waals surface area contributed by atoms with Gasteiger partial charge in [0.15, 0.2) is 0 Å². The van der Waals surface area contributed by atoms with Crippen LogP contribution in [-0.4, -0.2) is 27.5 Å². The number of amides is 1. The minimum absolute atomic E-state index is 0.0821. The normalized spacial score (nSPS) is 11.4. The first-order valence-corrected chi connectivity index (χ1v) is 7.25. The van der Waals surface area contributed by atoms with E-state index >= 15 is 0 Å². The van der Waals surface area contributed by atoms with E-state index in [1.54, 1.807) is 12.5 Å². The van der Waals surface area contributed by atoms with Crippen LogP contribution in [0, 0.1) is 0 Å². The number of rotatable bonds is 6. The lowest BCUT2D eigenvalue weighted by molar-refractivity contribution is 0.0895. The van der Waals surface area contributed by atoms with Crippen molar-refractivity contribution in [2.75, 3.05) is 6.54 Å². The van der Waals surface area contributed by atoms with E-state index in [0.717, 1.165) is 18.5 Å². The van der Waals surface area contributed by atoms with E-state index in [2.05, 4.69) is 10.3 Å². The second-order valence-corrected chi connectivity index (χ2v) is 5.16. The molecule has 0 aliphatic rings. The molecule has 5 heteroatoms. The Morgan fingerprint density at radius 3 is 2.43 bits per heavy atom. The molecule has 0 radical (unpaired) electrons. The maximum Gasteiger partial charge on any atom is 0.251 e. The van der Waals surface area contributed by atoms with Gasteiger partial charge in [0, 0.05) is 30.2 Å². The second-order valence-electron chi connectivity index (χ2n) is 5.16. The fraction of sp³-hybridized carbons (Fsp3) is 0.375. The first-order chi connectivity index (χ1) is 10.1.